The summed E-state index contributed by atoms with van der Waals surface area (Å²) in [7, 11) is 0. The summed E-state index contributed by atoms with van der Waals surface area (Å²) in [6.07, 6.45) is 1.92. The van der Waals surface area contributed by atoms with Gasteiger partial charge in [0.2, 0.25) is 0 Å². The summed E-state index contributed by atoms with van der Waals surface area (Å²) in [5.74, 6) is 0.536. The standard InChI is InChI=1S/C53H42FN/c1-3-40-48(34-24-27-39(54)28-25-34)30-33(2)52(55-53(40)35-14-5-4-6-15-35)38-17-13-16-36(31-38)37-26-29-44-43-20-9-11-22-46(43)50-45-21-10-7-18-41(45)42-19-8-12-23-47(42)51(50)49(44)32-37/h4-29,31-33,40,48,52H,3,30H2,1-2H3. The Bertz CT molecular complexity index is 2910. The van der Waals surface area contributed by atoms with Gasteiger partial charge >= 0.3 is 0 Å². The molecule has 0 aliphatic carbocycles. The quantitative estimate of drug-likeness (QED) is 0.158. The minimum Gasteiger partial charge on any atom is -0.280 e. The molecule has 0 N–H and O–H groups in total. The van der Waals surface area contributed by atoms with E-state index in [1.165, 1.54) is 81.7 Å². The van der Waals surface area contributed by atoms with Gasteiger partial charge in [-0.1, -0.05) is 159 Å². The Hall–Kier alpha value is -6.12. The number of fused-ring (bicyclic) bond motifs is 11. The fraction of sp³-hybridized carbons (Fsp3) is 0.151. The zero-order valence-corrected chi connectivity index (χ0v) is 31.2. The van der Waals surface area contributed by atoms with E-state index in [9.17, 15) is 4.39 Å². The zero-order valence-electron chi connectivity index (χ0n) is 31.2. The number of hydrogen-bond donors (Lipinski definition) is 0. The van der Waals surface area contributed by atoms with Gasteiger partial charge in [-0.2, -0.15) is 0 Å². The highest BCUT2D eigenvalue weighted by atomic mass is 19.1. The average Bonchev–Trinajstić information content (AvgIpc) is 3.39. The molecule has 0 radical (unpaired) electrons. The van der Waals surface area contributed by atoms with Crippen LogP contribution in [0.15, 0.2) is 175 Å². The van der Waals surface area contributed by atoms with Crippen LogP contribution in [0, 0.1) is 17.7 Å². The molecule has 0 bridgehead atoms. The maximum Gasteiger partial charge on any atom is 0.123 e. The van der Waals surface area contributed by atoms with Crippen LogP contribution in [0.25, 0.3) is 65.0 Å². The molecule has 0 aromatic heterocycles. The summed E-state index contributed by atoms with van der Waals surface area (Å²) in [6.45, 7) is 4.62. The molecule has 266 valence electrons. The first-order chi connectivity index (χ1) is 27.1. The second kappa shape index (κ2) is 13.6. The number of halogens is 1. The first kappa shape index (κ1) is 33.4. The number of nitrogens with zero attached hydrogens (tertiary/aromatic N) is 1. The van der Waals surface area contributed by atoms with Crippen LogP contribution in [0.5, 0.6) is 0 Å². The Morgan fingerprint density at radius 2 is 1.02 bits per heavy atom. The lowest BCUT2D eigenvalue weighted by atomic mass is 9.75. The third-order valence-electron chi connectivity index (χ3n) is 12.4. The summed E-state index contributed by atoms with van der Waals surface area (Å²) in [5, 5.41) is 12.9. The number of benzene rings is 9. The molecule has 1 aliphatic heterocycles. The Labute approximate surface area is 321 Å². The normalized spacial score (nSPS) is 18.9. The molecule has 55 heavy (non-hydrogen) atoms. The summed E-state index contributed by atoms with van der Waals surface area (Å²) >= 11 is 0. The van der Waals surface area contributed by atoms with Crippen LogP contribution in [0.1, 0.15) is 55.3 Å². The zero-order chi connectivity index (χ0) is 37.0. The fourth-order valence-electron chi connectivity index (χ4n) is 9.82. The van der Waals surface area contributed by atoms with Gasteiger partial charge in [-0.25, -0.2) is 4.39 Å². The molecule has 10 rings (SSSR count). The monoisotopic (exact) mass is 711 g/mol. The minimum absolute atomic E-state index is 0.0183. The second-order valence-corrected chi connectivity index (χ2v) is 15.5. The molecule has 9 aromatic carbocycles. The van der Waals surface area contributed by atoms with Crippen molar-refractivity contribution in [1.29, 1.82) is 0 Å². The van der Waals surface area contributed by atoms with Crippen molar-refractivity contribution in [3.05, 3.63) is 192 Å². The van der Waals surface area contributed by atoms with Gasteiger partial charge in [0.25, 0.3) is 0 Å². The summed E-state index contributed by atoms with van der Waals surface area (Å²) in [5.41, 5.74) is 7.14. The molecule has 0 saturated heterocycles. The van der Waals surface area contributed by atoms with Crippen molar-refractivity contribution in [3.8, 4) is 11.1 Å². The largest absolute Gasteiger partial charge is 0.280 e. The van der Waals surface area contributed by atoms with Gasteiger partial charge in [0.05, 0.1) is 6.04 Å². The predicted octanol–water partition coefficient (Wildman–Crippen LogP) is 14.6. The topological polar surface area (TPSA) is 12.4 Å². The number of rotatable bonds is 5. The molecular formula is C53H42FN. The first-order valence-corrected chi connectivity index (χ1v) is 19.7. The van der Waals surface area contributed by atoms with Gasteiger partial charge in [0.1, 0.15) is 5.82 Å². The van der Waals surface area contributed by atoms with E-state index in [1.807, 2.05) is 12.1 Å². The minimum atomic E-state index is -0.193. The summed E-state index contributed by atoms with van der Waals surface area (Å²) < 4.78 is 14.1. The molecule has 4 atom stereocenters. The van der Waals surface area contributed by atoms with E-state index in [1.54, 1.807) is 12.1 Å². The molecule has 0 fully saturated rings. The molecule has 1 nitrogen and oxygen atoms in total. The van der Waals surface area contributed by atoms with Crippen LogP contribution >= 0.6 is 0 Å². The maximum absolute atomic E-state index is 14.1. The van der Waals surface area contributed by atoms with Crippen molar-refractivity contribution in [2.75, 3.05) is 0 Å². The van der Waals surface area contributed by atoms with Gasteiger partial charge in [-0.15, -0.1) is 0 Å². The fourth-order valence-corrected chi connectivity index (χ4v) is 9.82. The van der Waals surface area contributed by atoms with Crippen LogP contribution in [0.4, 0.5) is 4.39 Å². The van der Waals surface area contributed by atoms with Gasteiger partial charge < -0.3 is 0 Å². The van der Waals surface area contributed by atoms with Crippen molar-refractivity contribution in [1.82, 2.24) is 0 Å². The lowest BCUT2D eigenvalue weighted by Gasteiger charge is -2.28. The Morgan fingerprint density at radius 1 is 0.491 bits per heavy atom. The van der Waals surface area contributed by atoms with Crippen molar-refractivity contribution in [2.24, 2.45) is 16.8 Å². The van der Waals surface area contributed by atoms with E-state index in [-0.39, 0.29) is 29.6 Å². The molecule has 1 heterocycles. The van der Waals surface area contributed by atoms with E-state index in [0.717, 1.165) is 18.6 Å². The third kappa shape index (κ3) is 5.62. The number of aliphatic imine (C=N–C) groups is 1. The predicted molar refractivity (Wildman–Crippen MR) is 232 cm³/mol. The Balaban J connectivity index is 1.16. The highest BCUT2D eigenvalue weighted by molar-refractivity contribution is 6.39. The van der Waals surface area contributed by atoms with Gasteiger partial charge in [-0.3, -0.25) is 4.99 Å². The average molecular weight is 712 g/mol. The van der Waals surface area contributed by atoms with Crippen LogP contribution in [0.3, 0.4) is 0 Å². The Morgan fingerprint density at radius 3 is 1.64 bits per heavy atom. The van der Waals surface area contributed by atoms with Crippen molar-refractivity contribution >= 4 is 59.6 Å². The number of hydrogen-bond acceptors (Lipinski definition) is 1. The molecule has 0 saturated carbocycles. The van der Waals surface area contributed by atoms with E-state index < -0.39 is 0 Å². The maximum atomic E-state index is 14.1. The van der Waals surface area contributed by atoms with Crippen LogP contribution in [-0.2, 0) is 0 Å². The molecule has 2 heteroatoms. The molecule has 4 unspecified atom stereocenters. The molecular weight excluding hydrogens is 670 g/mol. The highest BCUT2D eigenvalue weighted by Crippen LogP contribution is 2.47. The van der Waals surface area contributed by atoms with E-state index in [2.05, 4.69) is 159 Å². The smallest absolute Gasteiger partial charge is 0.123 e. The van der Waals surface area contributed by atoms with E-state index in [4.69, 9.17) is 4.99 Å². The molecule has 0 spiro atoms. The second-order valence-electron chi connectivity index (χ2n) is 15.5. The van der Waals surface area contributed by atoms with Gasteiger partial charge in [0, 0.05) is 11.6 Å². The van der Waals surface area contributed by atoms with E-state index >= 15 is 0 Å². The third-order valence-corrected chi connectivity index (χ3v) is 12.4. The summed E-state index contributed by atoms with van der Waals surface area (Å²) in [4.78, 5) is 5.71. The Kier molecular flexibility index (Phi) is 8.29. The van der Waals surface area contributed by atoms with Gasteiger partial charge in [-0.05, 0) is 131 Å². The molecule has 0 amide bonds. The van der Waals surface area contributed by atoms with Crippen molar-refractivity contribution in [2.45, 2.75) is 38.6 Å². The van der Waals surface area contributed by atoms with Crippen LogP contribution in [0.2, 0.25) is 0 Å². The van der Waals surface area contributed by atoms with Crippen molar-refractivity contribution < 1.29 is 4.39 Å². The van der Waals surface area contributed by atoms with Crippen LogP contribution in [-0.4, -0.2) is 5.71 Å². The molecule has 1 aliphatic rings. The van der Waals surface area contributed by atoms with Crippen molar-refractivity contribution in [3.63, 3.8) is 0 Å². The lowest BCUT2D eigenvalue weighted by Crippen LogP contribution is -2.22. The molecule has 9 aromatic rings. The van der Waals surface area contributed by atoms with E-state index in [0.29, 0.717) is 0 Å². The first-order valence-electron chi connectivity index (χ1n) is 19.7. The SMILES string of the molecule is CCC1C(c2ccccc2)=NC(c2cccc(-c3ccc4c5ccccc5c5c6ccccc6c6ccccc6c5c4c3)c2)C(C)CC1c1ccc(F)cc1. The summed E-state index contributed by atoms with van der Waals surface area (Å²) in [6, 6.07) is 60.7. The van der Waals surface area contributed by atoms with Crippen LogP contribution < -0.4 is 0 Å². The highest BCUT2D eigenvalue weighted by Gasteiger charge is 2.35. The van der Waals surface area contributed by atoms with Gasteiger partial charge in [0.15, 0.2) is 0 Å². The lowest BCUT2D eigenvalue weighted by molar-refractivity contribution is 0.382.